The van der Waals surface area contributed by atoms with E-state index in [4.69, 9.17) is 15.9 Å². The summed E-state index contributed by atoms with van der Waals surface area (Å²) in [7, 11) is 0. The summed E-state index contributed by atoms with van der Waals surface area (Å²) in [4.78, 5) is 20.1. The third-order valence-electron chi connectivity index (χ3n) is 4.01. The van der Waals surface area contributed by atoms with E-state index >= 15 is 0 Å². The fourth-order valence-corrected chi connectivity index (χ4v) is 2.53. The first-order chi connectivity index (χ1) is 12.0. The lowest BCUT2D eigenvalue weighted by Gasteiger charge is -2.02. The number of carboxylic acids is 2. The number of thiol groups is 1. The lowest BCUT2D eigenvalue weighted by molar-refractivity contribution is -0.138. The van der Waals surface area contributed by atoms with Crippen LogP contribution in [0.1, 0.15) is 96.8 Å². The van der Waals surface area contributed by atoms with E-state index in [1.807, 2.05) is 0 Å². The predicted octanol–water partition coefficient (Wildman–Crippen LogP) is 4.88. The third kappa shape index (κ3) is 25.6. The summed E-state index contributed by atoms with van der Waals surface area (Å²) in [5.74, 6) is -1.47. The smallest absolute Gasteiger partial charge is 0.321 e. The van der Waals surface area contributed by atoms with Gasteiger partial charge in [0.25, 0.3) is 0 Å². The Hall–Kier alpha value is -0.750. The molecule has 0 radical (unpaired) electrons. The minimum Gasteiger partial charge on any atom is -0.481 e. The van der Waals surface area contributed by atoms with Gasteiger partial charge in [-0.1, -0.05) is 84.0 Å². The van der Waals surface area contributed by atoms with Crippen LogP contribution in [0, 0.1) is 0 Å². The number of hydrogen-bond donors (Lipinski definition) is 4. The lowest BCUT2D eigenvalue weighted by Crippen LogP contribution is -2.31. The van der Waals surface area contributed by atoms with Crippen molar-refractivity contribution in [2.75, 3.05) is 5.75 Å². The number of rotatable bonds is 16. The van der Waals surface area contributed by atoms with Crippen LogP contribution < -0.4 is 5.73 Å². The highest BCUT2D eigenvalue weighted by Gasteiger charge is 2.06. The largest absolute Gasteiger partial charge is 0.481 e. The first kappa shape index (κ1) is 26.5. The molecule has 6 heteroatoms. The van der Waals surface area contributed by atoms with Crippen LogP contribution in [0.5, 0.6) is 0 Å². The van der Waals surface area contributed by atoms with E-state index in [0.29, 0.717) is 6.42 Å². The molecular weight excluding hydrogens is 338 g/mol. The van der Waals surface area contributed by atoms with Gasteiger partial charge in [-0.3, -0.25) is 9.59 Å². The number of carboxylic acid groups (broad SMARTS) is 2. The number of aliphatic carboxylic acids is 2. The second-order valence-electron chi connectivity index (χ2n) is 6.51. The molecule has 1 unspecified atom stereocenters. The van der Waals surface area contributed by atoms with Crippen LogP contribution in [0.4, 0.5) is 0 Å². The second-order valence-corrected chi connectivity index (χ2v) is 6.88. The Labute approximate surface area is 159 Å². The SMILES string of the molecule is CCCCCCCCCCCCCCCC(=O)O.NC(CS)C(=O)O. The van der Waals surface area contributed by atoms with E-state index in [0.717, 1.165) is 12.8 Å². The Morgan fingerprint density at radius 1 is 0.800 bits per heavy atom. The van der Waals surface area contributed by atoms with Gasteiger partial charge in [0.2, 0.25) is 0 Å². The fraction of sp³-hybridized carbons (Fsp3) is 0.895. The van der Waals surface area contributed by atoms with Crippen molar-refractivity contribution in [3.05, 3.63) is 0 Å². The van der Waals surface area contributed by atoms with Gasteiger partial charge in [-0.2, -0.15) is 12.6 Å². The number of nitrogens with two attached hydrogens (primary N) is 1. The van der Waals surface area contributed by atoms with Crippen molar-refractivity contribution in [3.8, 4) is 0 Å². The van der Waals surface area contributed by atoms with E-state index in [1.165, 1.54) is 70.6 Å². The van der Waals surface area contributed by atoms with Gasteiger partial charge >= 0.3 is 11.9 Å². The fourth-order valence-electron chi connectivity index (χ4n) is 2.37. The average Bonchev–Trinajstić information content (AvgIpc) is 2.58. The highest BCUT2D eigenvalue weighted by molar-refractivity contribution is 7.80. The summed E-state index contributed by atoms with van der Waals surface area (Å²) >= 11 is 3.65. The maximum atomic E-state index is 10.3. The van der Waals surface area contributed by atoms with Crippen molar-refractivity contribution in [1.29, 1.82) is 0 Å². The highest BCUT2D eigenvalue weighted by Crippen LogP contribution is 2.12. The summed E-state index contributed by atoms with van der Waals surface area (Å²) in [6.07, 6.45) is 17.3. The Morgan fingerprint density at radius 2 is 1.16 bits per heavy atom. The topological polar surface area (TPSA) is 101 Å². The monoisotopic (exact) mass is 377 g/mol. The molecule has 0 aromatic heterocycles. The Morgan fingerprint density at radius 3 is 1.40 bits per heavy atom. The number of unbranched alkanes of at least 4 members (excludes halogenated alkanes) is 12. The molecule has 0 aliphatic rings. The molecule has 0 amide bonds. The van der Waals surface area contributed by atoms with E-state index in [-0.39, 0.29) is 5.75 Å². The lowest BCUT2D eigenvalue weighted by atomic mass is 10.0. The van der Waals surface area contributed by atoms with Gasteiger partial charge in [-0.05, 0) is 6.42 Å². The van der Waals surface area contributed by atoms with Crippen LogP contribution in [0.2, 0.25) is 0 Å². The maximum Gasteiger partial charge on any atom is 0.321 e. The summed E-state index contributed by atoms with van der Waals surface area (Å²) < 4.78 is 0. The molecule has 0 bridgehead atoms. The van der Waals surface area contributed by atoms with Crippen LogP contribution in [0.25, 0.3) is 0 Å². The molecule has 0 aliphatic carbocycles. The molecule has 0 spiro atoms. The zero-order valence-electron chi connectivity index (χ0n) is 15.9. The summed E-state index contributed by atoms with van der Waals surface area (Å²) in [6, 6.07) is -0.816. The quantitative estimate of drug-likeness (QED) is 0.227. The van der Waals surface area contributed by atoms with Gasteiger partial charge in [-0.15, -0.1) is 0 Å². The number of carbonyl (C=O) groups is 2. The van der Waals surface area contributed by atoms with E-state index in [2.05, 4.69) is 19.6 Å². The van der Waals surface area contributed by atoms with Crippen molar-refractivity contribution in [2.24, 2.45) is 5.73 Å². The number of hydrogen-bond acceptors (Lipinski definition) is 4. The average molecular weight is 378 g/mol. The van der Waals surface area contributed by atoms with Crippen LogP contribution >= 0.6 is 12.6 Å². The Kier molecular flexibility index (Phi) is 22.6. The second kappa shape index (κ2) is 21.3. The van der Waals surface area contributed by atoms with Gasteiger partial charge < -0.3 is 15.9 Å². The van der Waals surface area contributed by atoms with E-state index in [9.17, 15) is 9.59 Å². The summed E-state index contributed by atoms with van der Waals surface area (Å²) in [5, 5.41) is 16.5. The maximum absolute atomic E-state index is 10.3. The van der Waals surface area contributed by atoms with Crippen molar-refractivity contribution in [2.45, 2.75) is 103 Å². The third-order valence-corrected chi connectivity index (χ3v) is 4.40. The summed E-state index contributed by atoms with van der Waals surface area (Å²) in [6.45, 7) is 2.26. The van der Waals surface area contributed by atoms with Crippen molar-refractivity contribution in [3.63, 3.8) is 0 Å². The van der Waals surface area contributed by atoms with E-state index in [1.54, 1.807) is 0 Å². The van der Waals surface area contributed by atoms with Gasteiger partial charge in [0, 0.05) is 12.2 Å². The normalized spacial score (nSPS) is 11.5. The standard InChI is InChI=1S/C16H32O2.C3H7NO2S/c1-2-3-4-5-6-7-8-9-10-11-12-13-14-15-16(17)18;4-2(1-7)3(5)6/h2-15H2,1H3,(H,17,18);2,7H,1,4H2,(H,5,6). The molecule has 150 valence electrons. The molecule has 1 atom stereocenters. The molecule has 0 aromatic carbocycles. The van der Waals surface area contributed by atoms with Crippen LogP contribution in [0.15, 0.2) is 0 Å². The van der Waals surface area contributed by atoms with Crippen molar-refractivity contribution < 1.29 is 19.8 Å². The van der Waals surface area contributed by atoms with Crippen molar-refractivity contribution >= 4 is 24.6 Å². The molecule has 0 saturated carbocycles. The minimum atomic E-state index is -1.00. The van der Waals surface area contributed by atoms with Gasteiger partial charge in [0.15, 0.2) is 0 Å². The first-order valence-corrected chi connectivity index (χ1v) is 10.4. The van der Waals surface area contributed by atoms with Gasteiger partial charge in [0.05, 0.1) is 0 Å². The minimum absolute atomic E-state index is 0.190. The molecule has 5 nitrogen and oxygen atoms in total. The molecule has 0 aliphatic heterocycles. The zero-order chi connectivity index (χ0) is 19.3. The van der Waals surface area contributed by atoms with Gasteiger partial charge in [0.1, 0.15) is 6.04 Å². The Balaban J connectivity index is 0. The molecule has 0 heterocycles. The molecule has 0 aromatic rings. The molecular formula is C19H39NO4S. The van der Waals surface area contributed by atoms with Crippen molar-refractivity contribution in [1.82, 2.24) is 0 Å². The van der Waals surface area contributed by atoms with Crippen LogP contribution in [0.3, 0.4) is 0 Å². The summed E-state index contributed by atoms with van der Waals surface area (Å²) in [5.41, 5.74) is 4.94. The van der Waals surface area contributed by atoms with Crippen LogP contribution in [-0.4, -0.2) is 33.9 Å². The predicted molar refractivity (Wildman–Crippen MR) is 107 cm³/mol. The molecule has 25 heavy (non-hydrogen) atoms. The zero-order valence-corrected chi connectivity index (χ0v) is 16.8. The van der Waals surface area contributed by atoms with Crippen LogP contribution in [-0.2, 0) is 9.59 Å². The molecule has 0 rings (SSSR count). The molecule has 0 saturated heterocycles. The van der Waals surface area contributed by atoms with E-state index < -0.39 is 18.0 Å². The van der Waals surface area contributed by atoms with Gasteiger partial charge in [-0.25, -0.2) is 0 Å². The Bertz CT molecular complexity index is 314. The highest BCUT2D eigenvalue weighted by atomic mass is 32.1. The molecule has 0 fully saturated rings. The molecule has 4 N–H and O–H groups in total. The first-order valence-electron chi connectivity index (χ1n) is 9.76.